The predicted octanol–water partition coefficient (Wildman–Crippen LogP) is 6.44. The van der Waals surface area contributed by atoms with Gasteiger partial charge < -0.3 is 19.2 Å². The SMILES string of the molecule is CC1=C(C)Cn2c3ccccc3c3c4c(O)[nH]cc4c4c5ccccc5n(c4c32)C1. The molecule has 1 aliphatic heterocycles. The van der Waals surface area contributed by atoms with E-state index in [2.05, 4.69) is 76.5 Å². The second-order valence-corrected chi connectivity index (χ2v) is 8.64. The number of aromatic hydroxyl groups is 1. The average molecular weight is 391 g/mol. The van der Waals surface area contributed by atoms with Crippen LogP contribution in [0.1, 0.15) is 13.8 Å². The first-order valence-electron chi connectivity index (χ1n) is 10.4. The van der Waals surface area contributed by atoms with Crippen molar-refractivity contribution >= 4 is 54.4 Å². The van der Waals surface area contributed by atoms with E-state index in [4.69, 9.17) is 0 Å². The highest BCUT2D eigenvalue weighted by atomic mass is 16.3. The Balaban J connectivity index is 1.95. The molecule has 0 fully saturated rings. The van der Waals surface area contributed by atoms with E-state index >= 15 is 0 Å². The van der Waals surface area contributed by atoms with Gasteiger partial charge in [0.1, 0.15) is 0 Å². The van der Waals surface area contributed by atoms with Crippen LogP contribution >= 0.6 is 0 Å². The lowest BCUT2D eigenvalue weighted by Crippen LogP contribution is -2.09. The van der Waals surface area contributed by atoms with Crippen LogP contribution in [-0.4, -0.2) is 19.2 Å². The Kier molecular flexibility index (Phi) is 2.84. The molecule has 2 N–H and O–H groups in total. The van der Waals surface area contributed by atoms with Gasteiger partial charge in [-0.1, -0.05) is 47.5 Å². The van der Waals surface area contributed by atoms with Crippen molar-refractivity contribution in [2.75, 3.05) is 0 Å². The van der Waals surface area contributed by atoms with E-state index in [0.717, 1.165) is 29.2 Å². The standard InChI is InChI=1S/C26H21N3O/c1-14-12-28-19-9-5-3-7-16(19)21-18-11-27-26(30)23(18)22-17-8-4-6-10-20(17)29(13-15(14)2)25(22)24(21)28/h3-11,27,30H,12-13H2,1-2H3. The van der Waals surface area contributed by atoms with Crippen LogP contribution < -0.4 is 0 Å². The van der Waals surface area contributed by atoms with Crippen molar-refractivity contribution in [1.29, 1.82) is 0 Å². The first-order chi connectivity index (χ1) is 14.6. The summed E-state index contributed by atoms with van der Waals surface area (Å²) in [5, 5.41) is 17.7. The van der Waals surface area contributed by atoms with Gasteiger partial charge in [-0.25, -0.2) is 0 Å². The number of rotatable bonds is 0. The van der Waals surface area contributed by atoms with E-state index in [1.165, 1.54) is 49.4 Å². The quantitative estimate of drug-likeness (QED) is 0.288. The Morgan fingerprint density at radius 3 is 1.87 bits per heavy atom. The van der Waals surface area contributed by atoms with Gasteiger partial charge in [0.25, 0.3) is 0 Å². The Hall–Kier alpha value is -3.66. The molecule has 1 aliphatic rings. The number of aromatic amines is 1. The van der Waals surface area contributed by atoms with Crippen LogP contribution in [0.3, 0.4) is 0 Å². The molecule has 0 saturated heterocycles. The lowest BCUT2D eigenvalue weighted by molar-refractivity contribution is 0.463. The Bertz CT molecular complexity index is 1720. The van der Waals surface area contributed by atoms with Gasteiger partial charge in [-0.15, -0.1) is 0 Å². The van der Waals surface area contributed by atoms with Gasteiger partial charge in [0, 0.05) is 57.3 Å². The minimum atomic E-state index is 0.247. The van der Waals surface area contributed by atoms with Crippen LogP contribution in [0.15, 0.2) is 65.9 Å². The molecule has 0 bridgehead atoms. The first kappa shape index (κ1) is 16.2. The number of hydrogen-bond donors (Lipinski definition) is 2. The van der Waals surface area contributed by atoms with Crippen molar-refractivity contribution in [2.45, 2.75) is 26.9 Å². The van der Waals surface area contributed by atoms with Crippen molar-refractivity contribution < 1.29 is 5.11 Å². The number of hydrogen-bond acceptors (Lipinski definition) is 1. The van der Waals surface area contributed by atoms with Gasteiger partial charge in [-0.05, 0) is 26.0 Å². The molecule has 30 heavy (non-hydrogen) atoms. The Labute approximate surface area is 172 Å². The highest BCUT2D eigenvalue weighted by Gasteiger charge is 2.26. The van der Waals surface area contributed by atoms with Crippen molar-refractivity contribution in [3.05, 3.63) is 65.9 Å². The highest BCUT2D eigenvalue weighted by molar-refractivity contribution is 6.36. The molecule has 3 aromatic heterocycles. The predicted molar refractivity (Wildman–Crippen MR) is 124 cm³/mol. The molecule has 0 radical (unpaired) electrons. The topological polar surface area (TPSA) is 45.9 Å². The van der Waals surface area contributed by atoms with Crippen LogP contribution in [0.5, 0.6) is 5.88 Å². The molecule has 0 atom stereocenters. The summed E-state index contributed by atoms with van der Waals surface area (Å²) in [5.41, 5.74) is 7.75. The second-order valence-electron chi connectivity index (χ2n) is 8.64. The number of allylic oxidation sites excluding steroid dienone is 2. The number of fused-ring (bicyclic) bond motifs is 9. The molecule has 6 aromatic rings. The number of para-hydroxylation sites is 2. The summed E-state index contributed by atoms with van der Waals surface area (Å²) in [6.07, 6.45) is 1.97. The highest BCUT2D eigenvalue weighted by Crippen LogP contribution is 2.47. The Morgan fingerprint density at radius 1 is 0.700 bits per heavy atom. The number of nitrogens with zero attached hydrogens (tertiary/aromatic N) is 2. The molecule has 4 heterocycles. The van der Waals surface area contributed by atoms with E-state index in [9.17, 15) is 5.11 Å². The van der Waals surface area contributed by atoms with E-state index in [1.807, 2.05) is 6.20 Å². The number of nitrogens with one attached hydrogen (secondary N) is 1. The first-order valence-corrected chi connectivity index (χ1v) is 10.4. The van der Waals surface area contributed by atoms with E-state index in [-0.39, 0.29) is 5.88 Å². The maximum atomic E-state index is 10.9. The van der Waals surface area contributed by atoms with Gasteiger partial charge in [0.05, 0.1) is 16.4 Å². The van der Waals surface area contributed by atoms with Crippen LogP contribution in [0.2, 0.25) is 0 Å². The Morgan fingerprint density at radius 2 is 1.23 bits per heavy atom. The van der Waals surface area contributed by atoms with E-state index < -0.39 is 0 Å². The fourth-order valence-corrected chi connectivity index (χ4v) is 5.56. The minimum absolute atomic E-state index is 0.247. The van der Waals surface area contributed by atoms with E-state index in [1.54, 1.807) is 0 Å². The van der Waals surface area contributed by atoms with Gasteiger partial charge in [-0.3, -0.25) is 0 Å². The summed E-state index contributed by atoms with van der Waals surface area (Å²) < 4.78 is 4.93. The van der Waals surface area contributed by atoms with Gasteiger partial charge in [0.15, 0.2) is 5.88 Å². The van der Waals surface area contributed by atoms with Gasteiger partial charge in [-0.2, -0.15) is 0 Å². The molecule has 146 valence electrons. The maximum absolute atomic E-state index is 10.9. The largest absolute Gasteiger partial charge is 0.494 e. The van der Waals surface area contributed by atoms with Gasteiger partial charge in [0.2, 0.25) is 0 Å². The lowest BCUT2D eigenvalue weighted by atomic mass is 10.0. The van der Waals surface area contributed by atoms with Crippen LogP contribution in [-0.2, 0) is 13.1 Å². The minimum Gasteiger partial charge on any atom is -0.494 e. The smallest absolute Gasteiger partial charge is 0.197 e. The molecular formula is C26H21N3O. The fourth-order valence-electron chi connectivity index (χ4n) is 5.56. The molecule has 0 amide bonds. The fraction of sp³-hybridized carbons (Fsp3) is 0.154. The average Bonchev–Trinajstić information content (AvgIpc) is 3.39. The molecule has 0 saturated carbocycles. The van der Waals surface area contributed by atoms with E-state index in [0.29, 0.717) is 0 Å². The molecule has 0 spiro atoms. The maximum Gasteiger partial charge on any atom is 0.197 e. The summed E-state index contributed by atoms with van der Waals surface area (Å²) in [5.74, 6) is 0.247. The molecule has 4 heteroatoms. The molecule has 3 aromatic carbocycles. The van der Waals surface area contributed by atoms with Crippen LogP contribution in [0.4, 0.5) is 0 Å². The molecule has 7 rings (SSSR count). The molecule has 0 unspecified atom stereocenters. The van der Waals surface area contributed by atoms with Crippen molar-refractivity contribution in [1.82, 2.24) is 14.1 Å². The normalized spacial score (nSPS) is 14.7. The third-order valence-electron chi connectivity index (χ3n) is 7.06. The zero-order valence-corrected chi connectivity index (χ0v) is 17.0. The van der Waals surface area contributed by atoms with Crippen LogP contribution in [0.25, 0.3) is 54.4 Å². The third-order valence-corrected chi connectivity index (χ3v) is 7.06. The second kappa shape index (κ2) is 5.28. The summed E-state index contributed by atoms with van der Waals surface area (Å²) in [6.45, 7) is 6.25. The van der Waals surface area contributed by atoms with Crippen molar-refractivity contribution in [3.8, 4) is 5.88 Å². The molecule has 4 nitrogen and oxygen atoms in total. The monoisotopic (exact) mass is 391 g/mol. The van der Waals surface area contributed by atoms with Crippen molar-refractivity contribution in [2.24, 2.45) is 0 Å². The lowest BCUT2D eigenvalue weighted by Gasteiger charge is -2.19. The zero-order chi connectivity index (χ0) is 20.1. The number of H-pyrrole nitrogens is 1. The summed E-state index contributed by atoms with van der Waals surface area (Å²) in [6, 6.07) is 17.2. The van der Waals surface area contributed by atoms with Crippen LogP contribution in [0, 0.1) is 0 Å². The summed E-state index contributed by atoms with van der Waals surface area (Å²) in [7, 11) is 0. The number of benzene rings is 3. The zero-order valence-electron chi connectivity index (χ0n) is 17.0. The summed E-state index contributed by atoms with van der Waals surface area (Å²) in [4.78, 5) is 3.10. The molecule has 0 aliphatic carbocycles. The van der Waals surface area contributed by atoms with Gasteiger partial charge >= 0.3 is 0 Å². The molecular weight excluding hydrogens is 370 g/mol. The third kappa shape index (κ3) is 1.74. The number of aromatic nitrogens is 3. The summed E-state index contributed by atoms with van der Waals surface area (Å²) >= 11 is 0. The van der Waals surface area contributed by atoms with Crippen molar-refractivity contribution in [3.63, 3.8) is 0 Å².